The number of nitrogens with two attached hydrogens (primary N) is 1. The fourth-order valence-corrected chi connectivity index (χ4v) is 3.43. The smallest absolute Gasteiger partial charge is 0.0954 e. The fourth-order valence-electron chi connectivity index (χ4n) is 2.39. The second-order valence-electron chi connectivity index (χ2n) is 5.14. The number of fused-ring (bicyclic) bond motifs is 1. The Morgan fingerprint density at radius 3 is 2.50 bits per heavy atom. The fraction of sp³-hybridized carbons (Fsp3) is 0.235. The van der Waals surface area contributed by atoms with E-state index in [-0.39, 0.29) is 6.04 Å². The number of hydrogen-bond donors (Lipinski definition) is 1. The summed E-state index contributed by atoms with van der Waals surface area (Å²) in [6.45, 7) is 2.19. The van der Waals surface area contributed by atoms with Gasteiger partial charge in [-0.2, -0.15) is 0 Å². The zero-order valence-electron chi connectivity index (χ0n) is 11.5. The molecule has 1 heterocycles. The van der Waals surface area contributed by atoms with Gasteiger partial charge >= 0.3 is 0 Å². The van der Waals surface area contributed by atoms with E-state index in [0.29, 0.717) is 5.92 Å². The van der Waals surface area contributed by atoms with Crippen molar-refractivity contribution in [1.82, 2.24) is 4.98 Å². The Balaban J connectivity index is 1.76. The van der Waals surface area contributed by atoms with E-state index in [2.05, 4.69) is 54.4 Å². The molecule has 3 aromatic rings. The lowest BCUT2D eigenvalue weighted by molar-refractivity contribution is 0.563. The lowest BCUT2D eigenvalue weighted by Gasteiger charge is -2.19. The lowest BCUT2D eigenvalue weighted by Crippen LogP contribution is -2.29. The minimum atomic E-state index is 0.0953. The molecule has 0 aliphatic rings. The molecule has 2 N–H and O–H groups in total. The number of para-hydroxylation sites is 1. The molecule has 3 heteroatoms. The van der Waals surface area contributed by atoms with Crippen LogP contribution in [0.25, 0.3) is 10.2 Å². The van der Waals surface area contributed by atoms with E-state index in [1.165, 1.54) is 10.3 Å². The van der Waals surface area contributed by atoms with Crippen molar-refractivity contribution in [3.05, 3.63) is 65.2 Å². The first-order chi connectivity index (χ1) is 9.74. The van der Waals surface area contributed by atoms with Crippen LogP contribution in [0.4, 0.5) is 0 Å². The third kappa shape index (κ3) is 2.74. The number of aromatic nitrogens is 1. The molecule has 0 fully saturated rings. The van der Waals surface area contributed by atoms with Crippen LogP contribution >= 0.6 is 11.3 Å². The summed E-state index contributed by atoms with van der Waals surface area (Å²) in [5.41, 5.74) is 8.74. The van der Waals surface area contributed by atoms with Gasteiger partial charge in [-0.15, -0.1) is 11.3 Å². The summed E-state index contributed by atoms with van der Waals surface area (Å²) in [6.07, 6.45) is 0.829. The summed E-state index contributed by atoms with van der Waals surface area (Å²) >= 11 is 1.75. The zero-order valence-corrected chi connectivity index (χ0v) is 12.3. The van der Waals surface area contributed by atoms with Crippen molar-refractivity contribution < 1.29 is 0 Å². The Bertz CT molecular complexity index is 657. The third-order valence-corrected chi connectivity index (χ3v) is 4.77. The summed E-state index contributed by atoms with van der Waals surface area (Å²) in [7, 11) is 0. The van der Waals surface area contributed by atoms with E-state index in [0.717, 1.165) is 16.9 Å². The first-order valence-corrected chi connectivity index (χ1v) is 7.70. The van der Waals surface area contributed by atoms with Crippen LogP contribution in [-0.2, 0) is 6.42 Å². The first-order valence-electron chi connectivity index (χ1n) is 6.89. The Hall–Kier alpha value is -1.71. The number of hydrogen-bond acceptors (Lipinski definition) is 3. The van der Waals surface area contributed by atoms with Crippen LogP contribution < -0.4 is 5.73 Å². The molecule has 0 saturated carbocycles. The van der Waals surface area contributed by atoms with Gasteiger partial charge in [0.25, 0.3) is 0 Å². The van der Waals surface area contributed by atoms with Gasteiger partial charge in [0.1, 0.15) is 0 Å². The lowest BCUT2D eigenvalue weighted by atomic mass is 9.92. The number of benzene rings is 2. The van der Waals surface area contributed by atoms with Gasteiger partial charge < -0.3 is 5.73 Å². The maximum Gasteiger partial charge on any atom is 0.0954 e. The van der Waals surface area contributed by atoms with Crippen molar-refractivity contribution >= 4 is 21.6 Å². The number of thiazole rings is 1. The van der Waals surface area contributed by atoms with Crippen molar-refractivity contribution in [1.29, 1.82) is 0 Å². The van der Waals surface area contributed by atoms with Gasteiger partial charge in [0, 0.05) is 12.5 Å². The van der Waals surface area contributed by atoms with Gasteiger partial charge in [-0.1, -0.05) is 49.4 Å². The molecule has 0 saturated heterocycles. The summed E-state index contributed by atoms with van der Waals surface area (Å²) in [6, 6.07) is 18.8. The van der Waals surface area contributed by atoms with E-state index >= 15 is 0 Å². The van der Waals surface area contributed by atoms with Gasteiger partial charge in [0.15, 0.2) is 0 Å². The van der Waals surface area contributed by atoms with Crippen LogP contribution in [0.5, 0.6) is 0 Å². The van der Waals surface area contributed by atoms with Crippen molar-refractivity contribution in [2.45, 2.75) is 25.3 Å². The minimum Gasteiger partial charge on any atom is -0.327 e. The molecule has 0 radical (unpaired) electrons. The third-order valence-electron chi connectivity index (χ3n) is 3.72. The molecule has 102 valence electrons. The molecule has 0 spiro atoms. The quantitative estimate of drug-likeness (QED) is 0.786. The maximum absolute atomic E-state index is 6.37. The van der Waals surface area contributed by atoms with Gasteiger partial charge in [0.2, 0.25) is 0 Å². The van der Waals surface area contributed by atoms with Crippen LogP contribution in [0.15, 0.2) is 54.6 Å². The molecular formula is C17H18N2S. The van der Waals surface area contributed by atoms with E-state index < -0.39 is 0 Å². The number of nitrogens with zero attached hydrogens (tertiary/aromatic N) is 1. The molecular weight excluding hydrogens is 264 g/mol. The standard InChI is InChI=1S/C17H18N2S/c1-12(13-7-3-2-4-8-13)14(18)11-17-19-15-9-5-6-10-16(15)20-17/h2-10,12,14H,11,18H2,1H3. The second-order valence-corrected chi connectivity index (χ2v) is 6.26. The van der Waals surface area contributed by atoms with Gasteiger partial charge in [0.05, 0.1) is 15.2 Å². The molecule has 20 heavy (non-hydrogen) atoms. The molecule has 0 bridgehead atoms. The molecule has 2 unspecified atom stereocenters. The highest BCUT2D eigenvalue weighted by Gasteiger charge is 2.17. The molecule has 0 aliphatic heterocycles. The topological polar surface area (TPSA) is 38.9 Å². The minimum absolute atomic E-state index is 0.0953. The molecule has 2 atom stereocenters. The average Bonchev–Trinajstić information content (AvgIpc) is 2.89. The highest BCUT2D eigenvalue weighted by atomic mass is 32.1. The monoisotopic (exact) mass is 282 g/mol. The zero-order chi connectivity index (χ0) is 13.9. The summed E-state index contributed by atoms with van der Waals surface area (Å²) in [4.78, 5) is 4.67. The Morgan fingerprint density at radius 1 is 1.05 bits per heavy atom. The number of rotatable bonds is 4. The highest BCUT2D eigenvalue weighted by molar-refractivity contribution is 7.18. The van der Waals surface area contributed by atoms with Gasteiger partial charge in [-0.25, -0.2) is 4.98 Å². The van der Waals surface area contributed by atoms with Crippen molar-refractivity contribution in [3.63, 3.8) is 0 Å². The molecule has 2 nitrogen and oxygen atoms in total. The van der Waals surface area contributed by atoms with Crippen molar-refractivity contribution in [2.75, 3.05) is 0 Å². The molecule has 0 amide bonds. The largest absolute Gasteiger partial charge is 0.327 e. The summed E-state index contributed by atoms with van der Waals surface area (Å²) in [5, 5.41) is 1.13. The van der Waals surface area contributed by atoms with Gasteiger partial charge in [-0.05, 0) is 23.6 Å². The molecule has 0 aliphatic carbocycles. The predicted molar refractivity (Wildman–Crippen MR) is 86.2 cm³/mol. The Kier molecular flexibility index (Phi) is 3.81. The summed E-state index contributed by atoms with van der Waals surface area (Å²) < 4.78 is 1.24. The maximum atomic E-state index is 6.37. The average molecular weight is 282 g/mol. The normalized spacial score (nSPS) is 14.3. The second kappa shape index (κ2) is 5.73. The van der Waals surface area contributed by atoms with E-state index in [1.54, 1.807) is 11.3 Å². The van der Waals surface area contributed by atoms with Crippen LogP contribution in [0.3, 0.4) is 0 Å². The van der Waals surface area contributed by atoms with Crippen molar-refractivity contribution in [3.8, 4) is 0 Å². The van der Waals surface area contributed by atoms with E-state index in [4.69, 9.17) is 5.73 Å². The van der Waals surface area contributed by atoms with E-state index in [9.17, 15) is 0 Å². The Morgan fingerprint density at radius 2 is 1.75 bits per heavy atom. The first kappa shape index (κ1) is 13.3. The molecule has 3 rings (SSSR count). The van der Waals surface area contributed by atoms with E-state index in [1.807, 2.05) is 12.1 Å². The van der Waals surface area contributed by atoms with Crippen LogP contribution in [-0.4, -0.2) is 11.0 Å². The van der Waals surface area contributed by atoms with Gasteiger partial charge in [-0.3, -0.25) is 0 Å². The summed E-state index contributed by atoms with van der Waals surface area (Å²) in [5.74, 6) is 0.336. The Labute approximate surface area is 123 Å². The molecule has 2 aromatic carbocycles. The molecule has 1 aromatic heterocycles. The SMILES string of the molecule is CC(c1ccccc1)C(N)Cc1nc2ccccc2s1. The predicted octanol–water partition coefficient (Wildman–Crippen LogP) is 3.97. The van der Waals surface area contributed by atoms with Crippen molar-refractivity contribution in [2.24, 2.45) is 5.73 Å². The van der Waals surface area contributed by atoms with Crippen LogP contribution in [0, 0.1) is 0 Å². The van der Waals surface area contributed by atoms with Crippen LogP contribution in [0.1, 0.15) is 23.4 Å². The highest BCUT2D eigenvalue weighted by Crippen LogP contribution is 2.25. The van der Waals surface area contributed by atoms with Crippen LogP contribution in [0.2, 0.25) is 0 Å².